The molecule has 1 aromatic heterocycles. The van der Waals surface area contributed by atoms with Crippen LogP contribution in [0.4, 0.5) is 0 Å². The average Bonchev–Trinajstić information content (AvgIpc) is 2.54. The molecule has 1 amide bonds. The zero-order chi connectivity index (χ0) is 16.8. The lowest BCUT2D eigenvalue weighted by Crippen LogP contribution is -2.35. The quantitative estimate of drug-likeness (QED) is 0.890. The highest BCUT2D eigenvalue weighted by Gasteiger charge is 2.17. The summed E-state index contributed by atoms with van der Waals surface area (Å²) in [5.74, 6) is 0.643. The van der Waals surface area contributed by atoms with Gasteiger partial charge in [-0.1, -0.05) is 18.2 Å². The van der Waals surface area contributed by atoms with Gasteiger partial charge in [-0.3, -0.25) is 4.79 Å². The number of pyridine rings is 1. The van der Waals surface area contributed by atoms with Crippen molar-refractivity contribution in [2.75, 3.05) is 27.7 Å². The third-order valence-corrected chi connectivity index (χ3v) is 3.68. The number of nitrogens with one attached hydrogen (secondary N) is 1. The molecule has 5 heteroatoms. The van der Waals surface area contributed by atoms with Crippen LogP contribution in [0.5, 0.6) is 5.75 Å². The Morgan fingerprint density at radius 3 is 2.65 bits per heavy atom. The first-order valence-electron chi connectivity index (χ1n) is 7.53. The van der Waals surface area contributed by atoms with Gasteiger partial charge in [0, 0.05) is 12.2 Å². The Bertz CT molecular complexity index is 671. The van der Waals surface area contributed by atoms with Crippen LogP contribution in [0.25, 0.3) is 0 Å². The highest BCUT2D eigenvalue weighted by Crippen LogP contribution is 2.22. The van der Waals surface area contributed by atoms with Crippen LogP contribution in [0.15, 0.2) is 42.5 Å². The van der Waals surface area contributed by atoms with Crippen molar-refractivity contribution in [3.63, 3.8) is 0 Å². The lowest BCUT2D eigenvalue weighted by molar-refractivity contribution is 0.0936. The lowest BCUT2D eigenvalue weighted by Gasteiger charge is -2.25. The van der Waals surface area contributed by atoms with Gasteiger partial charge in [-0.15, -0.1) is 0 Å². The molecule has 0 radical (unpaired) electrons. The summed E-state index contributed by atoms with van der Waals surface area (Å²) in [5, 5.41) is 2.96. The van der Waals surface area contributed by atoms with Crippen LogP contribution >= 0.6 is 0 Å². The largest absolute Gasteiger partial charge is 0.497 e. The molecule has 0 saturated carbocycles. The number of carbonyl (C=O) groups is 1. The molecule has 1 aromatic carbocycles. The molecular formula is C18H23N3O2. The van der Waals surface area contributed by atoms with Crippen LogP contribution in [0.2, 0.25) is 0 Å². The van der Waals surface area contributed by atoms with Crippen molar-refractivity contribution in [2.24, 2.45) is 0 Å². The zero-order valence-corrected chi connectivity index (χ0v) is 14.0. The van der Waals surface area contributed by atoms with Crippen LogP contribution in [-0.4, -0.2) is 43.5 Å². The SMILES string of the molecule is COc1cccc(C(CNC(=O)c2cccc(C)n2)N(C)C)c1. The van der Waals surface area contributed by atoms with E-state index in [4.69, 9.17) is 4.74 Å². The third kappa shape index (κ3) is 4.53. The third-order valence-electron chi connectivity index (χ3n) is 3.68. The number of aryl methyl sites for hydroxylation is 1. The predicted molar refractivity (Wildman–Crippen MR) is 90.7 cm³/mol. The fourth-order valence-electron chi connectivity index (χ4n) is 2.40. The second-order valence-electron chi connectivity index (χ2n) is 5.63. The minimum Gasteiger partial charge on any atom is -0.497 e. The molecule has 1 heterocycles. The number of amides is 1. The first kappa shape index (κ1) is 17.0. The lowest BCUT2D eigenvalue weighted by atomic mass is 10.1. The second-order valence-corrected chi connectivity index (χ2v) is 5.63. The summed E-state index contributed by atoms with van der Waals surface area (Å²) in [7, 11) is 5.62. The number of aromatic nitrogens is 1. The van der Waals surface area contributed by atoms with Crippen molar-refractivity contribution in [1.82, 2.24) is 15.2 Å². The molecule has 0 saturated heterocycles. The van der Waals surface area contributed by atoms with E-state index in [9.17, 15) is 4.79 Å². The van der Waals surface area contributed by atoms with E-state index in [-0.39, 0.29) is 11.9 Å². The molecular weight excluding hydrogens is 290 g/mol. The standard InChI is InChI=1S/C18H23N3O2/c1-13-7-5-10-16(20-13)18(22)19-12-17(21(2)3)14-8-6-9-15(11-14)23-4/h5-11,17H,12H2,1-4H3,(H,19,22). The molecule has 122 valence electrons. The highest BCUT2D eigenvalue weighted by molar-refractivity contribution is 5.92. The molecule has 0 fully saturated rings. The molecule has 2 rings (SSSR count). The van der Waals surface area contributed by atoms with Crippen LogP contribution in [-0.2, 0) is 0 Å². The van der Waals surface area contributed by atoms with Crippen molar-refractivity contribution in [3.05, 3.63) is 59.4 Å². The van der Waals surface area contributed by atoms with Crippen molar-refractivity contribution in [2.45, 2.75) is 13.0 Å². The van der Waals surface area contributed by atoms with E-state index in [1.165, 1.54) is 0 Å². The molecule has 2 aromatic rings. The minimum absolute atomic E-state index is 0.0545. The number of methoxy groups -OCH3 is 1. The van der Waals surface area contributed by atoms with E-state index >= 15 is 0 Å². The van der Waals surface area contributed by atoms with Gasteiger partial charge in [-0.25, -0.2) is 4.98 Å². The number of benzene rings is 1. The second kappa shape index (κ2) is 7.74. The van der Waals surface area contributed by atoms with E-state index < -0.39 is 0 Å². The van der Waals surface area contributed by atoms with Gasteiger partial charge >= 0.3 is 0 Å². The molecule has 0 aliphatic rings. The van der Waals surface area contributed by atoms with Crippen LogP contribution in [0, 0.1) is 6.92 Å². The Morgan fingerprint density at radius 2 is 2.00 bits per heavy atom. The normalized spacial score (nSPS) is 12.0. The number of carbonyl (C=O) groups excluding carboxylic acids is 1. The Hall–Kier alpha value is -2.40. The van der Waals surface area contributed by atoms with E-state index in [2.05, 4.69) is 15.2 Å². The van der Waals surface area contributed by atoms with Crippen LogP contribution in [0.3, 0.4) is 0 Å². The number of hydrogen-bond acceptors (Lipinski definition) is 4. The summed E-state index contributed by atoms with van der Waals surface area (Å²) in [5.41, 5.74) is 2.36. The minimum atomic E-state index is -0.163. The van der Waals surface area contributed by atoms with Crippen molar-refractivity contribution in [1.29, 1.82) is 0 Å². The summed E-state index contributed by atoms with van der Waals surface area (Å²) in [6.45, 7) is 2.37. The fourth-order valence-corrected chi connectivity index (χ4v) is 2.40. The number of rotatable bonds is 6. The average molecular weight is 313 g/mol. The van der Waals surface area contributed by atoms with E-state index in [1.807, 2.05) is 57.4 Å². The molecule has 0 aliphatic carbocycles. The summed E-state index contributed by atoms with van der Waals surface area (Å²) in [6.07, 6.45) is 0. The van der Waals surface area contributed by atoms with Gasteiger partial charge in [0.15, 0.2) is 0 Å². The molecule has 0 aliphatic heterocycles. The highest BCUT2D eigenvalue weighted by atomic mass is 16.5. The molecule has 0 spiro atoms. The maximum atomic E-state index is 12.3. The number of nitrogens with zero attached hydrogens (tertiary/aromatic N) is 2. The Kier molecular flexibility index (Phi) is 5.71. The van der Waals surface area contributed by atoms with Gasteiger partial charge in [-0.05, 0) is 50.8 Å². The van der Waals surface area contributed by atoms with Crippen LogP contribution < -0.4 is 10.1 Å². The fraction of sp³-hybridized carbons (Fsp3) is 0.333. The zero-order valence-electron chi connectivity index (χ0n) is 14.0. The molecule has 1 N–H and O–H groups in total. The van der Waals surface area contributed by atoms with Crippen LogP contribution in [0.1, 0.15) is 27.8 Å². The maximum Gasteiger partial charge on any atom is 0.269 e. The smallest absolute Gasteiger partial charge is 0.269 e. The molecule has 5 nitrogen and oxygen atoms in total. The molecule has 23 heavy (non-hydrogen) atoms. The number of hydrogen-bond donors (Lipinski definition) is 1. The molecule has 1 unspecified atom stereocenters. The van der Waals surface area contributed by atoms with Crippen molar-refractivity contribution < 1.29 is 9.53 Å². The Balaban J connectivity index is 2.09. The topological polar surface area (TPSA) is 54.5 Å². The van der Waals surface area contributed by atoms with Gasteiger partial charge in [0.25, 0.3) is 5.91 Å². The first-order chi connectivity index (χ1) is 11.0. The number of ether oxygens (including phenoxy) is 1. The van der Waals surface area contributed by atoms with Gasteiger partial charge in [0.05, 0.1) is 13.2 Å². The summed E-state index contributed by atoms with van der Waals surface area (Å²) in [6, 6.07) is 13.4. The Morgan fingerprint density at radius 1 is 1.26 bits per heavy atom. The summed E-state index contributed by atoms with van der Waals surface area (Å²) < 4.78 is 5.28. The van der Waals surface area contributed by atoms with E-state index in [0.29, 0.717) is 12.2 Å². The predicted octanol–water partition coefficient (Wildman–Crippen LogP) is 2.43. The van der Waals surface area contributed by atoms with Gasteiger partial charge in [-0.2, -0.15) is 0 Å². The Labute approximate surface area is 137 Å². The summed E-state index contributed by atoms with van der Waals surface area (Å²) in [4.78, 5) is 18.6. The summed E-state index contributed by atoms with van der Waals surface area (Å²) >= 11 is 0. The molecule has 0 bridgehead atoms. The van der Waals surface area contributed by atoms with Gasteiger partial charge < -0.3 is 15.0 Å². The van der Waals surface area contributed by atoms with Gasteiger partial charge in [0.1, 0.15) is 11.4 Å². The first-order valence-corrected chi connectivity index (χ1v) is 7.53. The van der Waals surface area contributed by atoms with E-state index in [0.717, 1.165) is 17.0 Å². The van der Waals surface area contributed by atoms with E-state index in [1.54, 1.807) is 13.2 Å². The maximum absolute atomic E-state index is 12.3. The van der Waals surface area contributed by atoms with Crippen molar-refractivity contribution in [3.8, 4) is 5.75 Å². The molecule has 1 atom stereocenters. The van der Waals surface area contributed by atoms with Crippen molar-refractivity contribution >= 4 is 5.91 Å². The monoisotopic (exact) mass is 313 g/mol. The van der Waals surface area contributed by atoms with Gasteiger partial charge in [0.2, 0.25) is 0 Å². The number of likely N-dealkylation sites (N-methyl/N-ethyl adjacent to an activating group) is 1.